The molecular formula is C39H25N3O. The van der Waals surface area contributed by atoms with Gasteiger partial charge in [0.2, 0.25) is 0 Å². The predicted molar refractivity (Wildman–Crippen MR) is 178 cm³/mol. The van der Waals surface area contributed by atoms with Crippen molar-refractivity contribution in [2.24, 2.45) is 0 Å². The number of hydrogen-bond donors (Lipinski definition) is 0. The summed E-state index contributed by atoms with van der Waals surface area (Å²) in [6.45, 7) is 0. The minimum atomic E-state index is -0.0755. The van der Waals surface area contributed by atoms with Crippen LogP contribution in [0.4, 0.5) is 0 Å². The Morgan fingerprint density at radius 3 is 1.84 bits per heavy atom. The zero-order valence-corrected chi connectivity index (χ0v) is 23.2. The van der Waals surface area contributed by atoms with Crippen molar-refractivity contribution in [3.05, 3.63) is 162 Å². The first-order valence-corrected chi connectivity index (χ1v) is 14.5. The molecule has 0 spiro atoms. The van der Waals surface area contributed by atoms with Crippen molar-refractivity contribution in [2.45, 2.75) is 0 Å². The Bertz CT molecular complexity index is 2570. The maximum absolute atomic E-state index is 14.2. The van der Waals surface area contributed by atoms with Crippen molar-refractivity contribution < 1.29 is 0 Å². The SMILES string of the molecule is O=c1n(-c2ccccc2)c2cccc(-c3ccc4c(c3)c3ccccc3n4-c3ccccc3)c2c2cc3ccccc3n12. The van der Waals surface area contributed by atoms with Crippen molar-refractivity contribution in [1.29, 1.82) is 0 Å². The Labute approximate surface area is 246 Å². The summed E-state index contributed by atoms with van der Waals surface area (Å²) in [5.74, 6) is 0. The van der Waals surface area contributed by atoms with Gasteiger partial charge in [-0.3, -0.25) is 8.97 Å². The van der Waals surface area contributed by atoms with E-state index in [2.05, 4.69) is 108 Å². The first-order valence-electron chi connectivity index (χ1n) is 14.5. The molecule has 0 saturated heterocycles. The van der Waals surface area contributed by atoms with Crippen LogP contribution in [0.15, 0.2) is 156 Å². The van der Waals surface area contributed by atoms with Gasteiger partial charge in [0.25, 0.3) is 0 Å². The van der Waals surface area contributed by atoms with E-state index in [-0.39, 0.29) is 5.69 Å². The fourth-order valence-corrected chi connectivity index (χ4v) is 6.81. The molecule has 43 heavy (non-hydrogen) atoms. The molecule has 0 N–H and O–H groups in total. The molecule has 0 aliphatic heterocycles. The van der Waals surface area contributed by atoms with Gasteiger partial charge in [-0.1, -0.05) is 91.0 Å². The van der Waals surface area contributed by atoms with Gasteiger partial charge in [0.15, 0.2) is 0 Å². The van der Waals surface area contributed by atoms with E-state index in [9.17, 15) is 4.79 Å². The van der Waals surface area contributed by atoms with Gasteiger partial charge < -0.3 is 4.57 Å². The molecule has 3 heterocycles. The molecule has 202 valence electrons. The molecule has 0 atom stereocenters. The van der Waals surface area contributed by atoms with Crippen LogP contribution in [0.5, 0.6) is 0 Å². The number of hydrogen-bond acceptors (Lipinski definition) is 1. The van der Waals surface area contributed by atoms with Gasteiger partial charge in [0.1, 0.15) is 0 Å². The topological polar surface area (TPSA) is 31.3 Å². The Morgan fingerprint density at radius 1 is 0.419 bits per heavy atom. The highest BCUT2D eigenvalue weighted by Gasteiger charge is 2.19. The van der Waals surface area contributed by atoms with Crippen LogP contribution in [-0.2, 0) is 0 Å². The largest absolute Gasteiger partial charge is 0.338 e. The third kappa shape index (κ3) is 3.41. The van der Waals surface area contributed by atoms with Gasteiger partial charge in [0.05, 0.1) is 33.3 Å². The third-order valence-corrected chi connectivity index (χ3v) is 8.65. The van der Waals surface area contributed by atoms with E-state index in [4.69, 9.17) is 0 Å². The summed E-state index contributed by atoms with van der Waals surface area (Å²) in [6.07, 6.45) is 0. The highest BCUT2D eigenvalue weighted by molar-refractivity contribution is 6.13. The van der Waals surface area contributed by atoms with Crippen molar-refractivity contribution >= 4 is 49.1 Å². The lowest BCUT2D eigenvalue weighted by molar-refractivity contribution is 0.936. The van der Waals surface area contributed by atoms with E-state index in [0.29, 0.717) is 0 Å². The van der Waals surface area contributed by atoms with Gasteiger partial charge in [-0.2, -0.15) is 0 Å². The van der Waals surface area contributed by atoms with Crippen LogP contribution in [0.1, 0.15) is 0 Å². The Hall–Kier alpha value is -5.87. The molecule has 0 aliphatic rings. The van der Waals surface area contributed by atoms with Crippen molar-refractivity contribution in [1.82, 2.24) is 13.5 Å². The second kappa shape index (κ2) is 9.07. The van der Waals surface area contributed by atoms with Gasteiger partial charge in [-0.15, -0.1) is 0 Å². The average Bonchev–Trinajstić information content (AvgIpc) is 3.62. The summed E-state index contributed by atoms with van der Waals surface area (Å²) in [4.78, 5) is 14.2. The van der Waals surface area contributed by atoms with Crippen LogP contribution in [0.25, 0.3) is 71.6 Å². The second-order valence-electron chi connectivity index (χ2n) is 11.0. The maximum Gasteiger partial charge on any atom is 0.338 e. The minimum Gasteiger partial charge on any atom is -0.309 e. The standard InChI is InChI=1S/C39H25N3O/c43-39-41(29-15-5-2-6-16-29)36-21-11-18-30(38(36)37-25-27-12-7-9-19-33(27)42(37)39)26-22-23-35-32(24-26)31-17-8-10-20-34(31)40(35)28-13-3-1-4-14-28/h1-25H. The van der Waals surface area contributed by atoms with Crippen molar-refractivity contribution in [3.8, 4) is 22.5 Å². The molecular weight excluding hydrogens is 526 g/mol. The number of rotatable bonds is 3. The quantitative estimate of drug-likeness (QED) is 0.215. The van der Waals surface area contributed by atoms with Gasteiger partial charge in [-0.25, -0.2) is 4.79 Å². The molecule has 0 saturated carbocycles. The molecule has 0 amide bonds. The molecule has 4 heteroatoms. The second-order valence-corrected chi connectivity index (χ2v) is 11.0. The van der Waals surface area contributed by atoms with Gasteiger partial charge >= 0.3 is 5.69 Å². The Balaban J connectivity index is 1.41. The highest BCUT2D eigenvalue weighted by Crippen LogP contribution is 2.38. The van der Waals surface area contributed by atoms with Gasteiger partial charge in [-0.05, 0) is 71.8 Å². The predicted octanol–water partition coefficient (Wildman–Crippen LogP) is 9.16. The summed E-state index contributed by atoms with van der Waals surface area (Å²) in [5, 5.41) is 4.50. The minimum absolute atomic E-state index is 0.0755. The van der Waals surface area contributed by atoms with Crippen LogP contribution in [0.2, 0.25) is 0 Å². The summed E-state index contributed by atoms with van der Waals surface area (Å²) in [5.41, 5.74) is 9.15. The summed E-state index contributed by atoms with van der Waals surface area (Å²) < 4.78 is 6.05. The van der Waals surface area contributed by atoms with Crippen molar-refractivity contribution in [3.63, 3.8) is 0 Å². The Kier molecular flexibility index (Phi) is 5.02. The third-order valence-electron chi connectivity index (χ3n) is 8.65. The van der Waals surface area contributed by atoms with Crippen molar-refractivity contribution in [2.75, 3.05) is 0 Å². The van der Waals surface area contributed by atoms with E-state index in [1.807, 2.05) is 57.5 Å². The molecule has 0 aliphatic carbocycles. The van der Waals surface area contributed by atoms with E-state index in [1.165, 1.54) is 16.3 Å². The lowest BCUT2D eigenvalue weighted by Gasteiger charge is -2.16. The first kappa shape index (κ1) is 23.8. The van der Waals surface area contributed by atoms with Gasteiger partial charge in [0, 0.05) is 27.2 Å². The molecule has 9 aromatic rings. The number of para-hydroxylation sites is 4. The molecule has 0 fully saturated rings. The number of aromatic nitrogens is 3. The molecule has 4 nitrogen and oxygen atoms in total. The van der Waals surface area contributed by atoms with E-state index >= 15 is 0 Å². The highest BCUT2D eigenvalue weighted by atomic mass is 16.1. The normalized spacial score (nSPS) is 11.8. The smallest absolute Gasteiger partial charge is 0.309 e. The van der Waals surface area contributed by atoms with Crippen LogP contribution in [0, 0.1) is 0 Å². The maximum atomic E-state index is 14.2. The van der Waals surface area contributed by atoms with Crippen LogP contribution < -0.4 is 5.69 Å². The Morgan fingerprint density at radius 2 is 1.05 bits per heavy atom. The van der Waals surface area contributed by atoms with Crippen LogP contribution >= 0.6 is 0 Å². The zero-order chi connectivity index (χ0) is 28.5. The van der Waals surface area contributed by atoms with E-state index in [1.54, 1.807) is 0 Å². The van der Waals surface area contributed by atoms with Crippen LogP contribution in [-0.4, -0.2) is 13.5 Å². The molecule has 9 rings (SSSR count). The lowest BCUT2D eigenvalue weighted by atomic mass is 9.98. The fraction of sp³-hybridized carbons (Fsp3) is 0. The number of fused-ring (bicyclic) bond motifs is 8. The van der Waals surface area contributed by atoms with Crippen LogP contribution in [0.3, 0.4) is 0 Å². The van der Waals surface area contributed by atoms with E-state index in [0.717, 1.165) is 55.3 Å². The molecule has 3 aromatic heterocycles. The molecule has 0 unspecified atom stereocenters. The first-order chi connectivity index (χ1) is 21.3. The lowest BCUT2D eigenvalue weighted by Crippen LogP contribution is -2.25. The summed E-state index contributed by atoms with van der Waals surface area (Å²) in [6, 6.07) is 52.4. The fourth-order valence-electron chi connectivity index (χ4n) is 6.81. The summed E-state index contributed by atoms with van der Waals surface area (Å²) >= 11 is 0. The zero-order valence-electron chi connectivity index (χ0n) is 23.2. The molecule has 6 aromatic carbocycles. The number of benzene rings is 6. The summed E-state index contributed by atoms with van der Waals surface area (Å²) in [7, 11) is 0. The molecule has 0 radical (unpaired) electrons. The molecule has 0 bridgehead atoms. The van der Waals surface area contributed by atoms with E-state index < -0.39 is 0 Å². The number of nitrogens with zero attached hydrogens (tertiary/aromatic N) is 3. The monoisotopic (exact) mass is 551 g/mol. The average molecular weight is 552 g/mol.